The Kier molecular flexibility index (Phi) is 8.57. The summed E-state index contributed by atoms with van der Waals surface area (Å²) in [6, 6.07) is 0.730. The van der Waals surface area contributed by atoms with Gasteiger partial charge in [-0.15, -0.1) is 0 Å². The highest BCUT2D eigenvalue weighted by molar-refractivity contribution is 6.37. The Morgan fingerprint density at radius 2 is 1.74 bits per heavy atom. The van der Waals surface area contributed by atoms with Crippen LogP contribution in [0.4, 0.5) is 0 Å². The van der Waals surface area contributed by atoms with Gasteiger partial charge in [-0.2, -0.15) is 0 Å². The Balaban J connectivity index is 3.97. The van der Waals surface area contributed by atoms with E-state index in [2.05, 4.69) is 4.98 Å². The van der Waals surface area contributed by atoms with Gasteiger partial charge in [-0.1, -0.05) is 0 Å². The zero-order valence-electron chi connectivity index (χ0n) is 12.1. The molecule has 0 aliphatic carbocycles. The molecule has 8 heteroatoms. The molecule has 0 radical (unpaired) electrons. The number of rotatable bonds is 9. The molecule has 0 rings (SSSR count). The van der Waals surface area contributed by atoms with Crippen molar-refractivity contribution in [2.75, 3.05) is 21.3 Å². The van der Waals surface area contributed by atoms with Crippen LogP contribution in [0.3, 0.4) is 0 Å². The summed E-state index contributed by atoms with van der Waals surface area (Å²) in [5.74, 6) is -1.81. The van der Waals surface area contributed by atoms with Crippen molar-refractivity contribution in [3.05, 3.63) is 0 Å². The number of esters is 1. The van der Waals surface area contributed by atoms with Crippen molar-refractivity contribution < 1.29 is 28.5 Å². The van der Waals surface area contributed by atoms with Gasteiger partial charge in [0.05, 0.1) is 0 Å². The van der Waals surface area contributed by atoms with E-state index in [0.717, 1.165) is 6.04 Å². The molecule has 19 heavy (non-hydrogen) atoms. The quantitative estimate of drug-likeness (QED) is 0.268. The van der Waals surface area contributed by atoms with E-state index in [-0.39, 0.29) is 5.91 Å². The van der Waals surface area contributed by atoms with Crippen LogP contribution >= 0.6 is 0 Å². The van der Waals surface area contributed by atoms with Crippen molar-refractivity contribution in [1.29, 1.82) is 0 Å². The molecule has 0 aliphatic rings. The first-order valence-corrected chi connectivity index (χ1v) is 7.72. The predicted molar refractivity (Wildman–Crippen MR) is 71.1 cm³/mol. The summed E-state index contributed by atoms with van der Waals surface area (Å²) in [5.41, 5.74) is 0. The lowest BCUT2D eigenvalue weighted by molar-refractivity contribution is -0.352. The molecule has 1 amide bonds. The van der Waals surface area contributed by atoms with Gasteiger partial charge in [0.1, 0.15) is 9.68 Å². The highest BCUT2D eigenvalue weighted by atomic mass is 28.2. The Morgan fingerprint density at radius 3 is 2.16 bits per heavy atom. The Morgan fingerprint density at radius 1 is 1.21 bits per heavy atom. The first kappa shape index (κ1) is 18.0. The van der Waals surface area contributed by atoms with Gasteiger partial charge in [-0.05, 0) is 13.0 Å². The maximum atomic E-state index is 11.6. The number of amides is 1. The fraction of sp³-hybridized carbons (Fsp3) is 0.818. The second kappa shape index (κ2) is 9.02. The number of hydrogen-bond acceptors (Lipinski definition) is 6. The summed E-state index contributed by atoms with van der Waals surface area (Å²) in [7, 11) is 3.64. The fourth-order valence-corrected chi connectivity index (χ4v) is 2.84. The molecule has 0 aromatic rings. The molecular weight excluding hydrogens is 270 g/mol. The molecule has 0 spiro atoms. The smallest absolute Gasteiger partial charge is 0.303 e. The van der Waals surface area contributed by atoms with Crippen LogP contribution in [0, 0.1) is 0 Å². The van der Waals surface area contributed by atoms with E-state index in [1.54, 1.807) is 0 Å². The van der Waals surface area contributed by atoms with Gasteiger partial charge < -0.3 is 23.9 Å². The molecule has 0 heterocycles. The van der Waals surface area contributed by atoms with Gasteiger partial charge in [0.2, 0.25) is 0 Å². The fourth-order valence-electron chi connectivity index (χ4n) is 1.52. The average molecular weight is 293 g/mol. The number of nitrogens with one attached hydrogen (secondary N) is 1. The van der Waals surface area contributed by atoms with Crippen LogP contribution in [0.5, 0.6) is 0 Å². The summed E-state index contributed by atoms with van der Waals surface area (Å²) in [4.78, 5) is 25.0. The average Bonchev–Trinajstić information content (AvgIpc) is 2.38. The van der Waals surface area contributed by atoms with E-state index in [4.69, 9.17) is 18.9 Å². The van der Waals surface area contributed by atoms with Crippen molar-refractivity contribution in [2.24, 2.45) is 0 Å². The van der Waals surface area contributed by atoms with Crippen molar-refractivity contribution in [1.82, 2.24) is 4.98 Å². The minimum atomic E-state index is -1.06. The van der Waals surface area contributed by atoms with Gasteiger partial charge in [-0.3, -0.25) is 9.59 Å². The summed E-state index contributed by atoms with van der Waals surface area (Å²) in [6.45, 7) is 2.81. The third kappa shape index (κ3) is 6.67. The molecule has 0 saturated heterocycles. The van der Waals surface area contributed by atoms with Gasteiger partial charge in [-0.25, -0.2) is 0 Å². The normalized spacial score (nSPS) is 13.5. The van der Waals surface area contributed by atoms with Crippen LogP contribution in [0.1, 0.15) is 20.3 Å². The van der Waals surface area contributed by atoms with Crippen molar-refractivity contribution >= 4 is 21.6 Å². The van der Waals surface area contributed by atoms with E-state index in [1.165, 1.54) is 35.2 Å². The minimum absolute atomic E-state index is 0.278. The Hall–Kier alpha value is -0.963. The zero-order valence-corrected chi connectivity index (χ0v) is 13.6. The molecule has 0 aromatic carbocycles. The number of ether oxygens (including phenoxy) is 4. The second-order valence-electron chi connectivity index (χ2n) is 3.94. The lowest BCUT2D eigenvalue weighted by Gasteiger charge is -2.28. The van der Waals surface area contributed by atoms with Crippen LogP contribution in [0.15, 0.2) is 0 Å². The molecule has 1 atom stereocenters. The van der Waals surface area contributed by atoms with Gasteiger partial charge in [0, 0.05) is 34.7 Å². The molecule has 0 bridgehead atoms. The van der Waals surface area contributed by atoms with E-state index in [9.17, 15) is 9.59 Å². The summed E-state index contributed by atoms with van der Waals surface area (Å²) < 4.78 is 20.2. The van der Waals surface area contributed by atoms with Gasteiger partial charge >= 0.3 is 5.97 Å². The zero-order chi connectivity index (χ0) is 14.9. The van der Waals surface area contributed by atoms with Crippen LogP contribution in [-0.2, 0) is 28.5 Å². The topological polar surface area (TPSA) is 83.1 Å². The number of carbonyl (C=O) groups is 2. The number of carbonyl (C=O) groups excluding carboxylic acids is 2. The first-order valence-electron chi connectivity index (χ1n) is 6.01. The molecule has 0 fully saturated rings. The SMILES string of the molecule is COC(CC[SiH2]NC(=O)[C@H](C)OC(C)=O)(OC)OC. The molecule has 0 aromatic heterocycles. The van der Waals surface area contributed by atoms with E-state index in [0.29, 0.717) is 6.42 Å². The Labute approximate surface area is 115 Å². The van der Waals surface area contributed by atoms with Crippen molar-refractivity contribution in [3.63, 3.8) is 0 Å². The van der Waals surface area contributed by atoms with Gasteiger partial charge in [0.25, 0.3) is 11.9 Å². The van der Waals surface area contributed by atoms with Crippen molar-refractivity contribution in [2.45, 2.75) is 38.4 Å². The highest BCUT2D eigenvalue weighted by Crippen LogP contribution is 2.18. The van der Waals surface area contributed by atoms with E-state index >= 15 is 0 Å². The summed E-state index contributed by atoms with van der Waals surface area (Å²) >= 11 is 0. The standard InChI is InChI=1S/C11H23NO6Si/c1-8(18-9(2)13)10(14)12-19-7-6-11(15-3,16-4)17-5/h8H,6-7,19H2,1-5H3,(H,12,14)/t8-/m0/s1. The van der Waals surface area contributed by atoms with E-state index in [1.807, 2.05) is 0 Å². The van der Waals surface area contributed by atoms with Crippen LogP contribution < -0.4 is 4.98 Å². The second-order valence-corrected chi connectivity index (χ2v) is 5.50. The molecule has 0 saturated carbocycles. The van der Waals surface area contributed by atoms with Crippen molar-refractivity contribution in [3.8, 4) is 0 Å². The molecule has 7 nitrogen and oxygen atoms in total. The lowest BCUT2D eigenvalue weighted by Crippen LogP contribution is -2.40. The minimum Gasteiger partial charge on any atom is -0.453 e. The largest absolute Gasteiger partial charge is 0.453 e. The first-order chi connectivity index (χ1) is 8.90. The number of methoxy groups -OCH3 is 3. The van der Waals surface area contributed by atoms with Crippen LogP contribution in [-0.4, -0.2) is 55.0 Å². The van der Waals surface area contributed by atoms with Crippen LogP contribution in [0.2, 0.25) is 6.04 Å². The third-order valence-electron chi connectivity index (χ3n) is 2.60. The van der Waals surface area contributed by atoms with E-state index < -0.39 is 27.7 Å². The predicted octanol–water partition coefficient (Wildman–Crippen LogP) is -0.461. The maximum Gasteiger partial charge on any atom is 0.303 e. The molecule has 0 unspecified atom stereocenters. The molecule has 112 valence electrons. The van der Waals surface area contributed by atoms with Gasteiger partial charge in [0.15, 0.2) is 6.10 Å². The monoisotopic (exact) mass is 293 g/mol. The summed E-state index contributed by atoms with van der Waals surface area (Å²) in [5, 5.41) is 0. The third-order valence-corrected chi connectivity index (χ3v) is 3.91. The Bertz CT molecular complexity index is 287. The highest BCUT2D eigenvalue weighted by Gasteiger charge is 2.28. The lowest BCUT2D eigenvalue weighted by atomic mass is 10.4. The molecule has 0 aliphatic heterocycles. The number of hydrogen-bond donors (Lipinski definition) is 1. The maximum absolute atomic E-state index is 11.6. The molecular formula is C11H23NO6Si. The summed E-state index contributed by atoms with van der Waals surface area (Å²) in [6.07, 6.45) is -0.243. The molecule has 1 N–H and O–H groups in total. The van der Waals surface area contributed by atoms with Crippen LogP contribution in [0.25, 0.3) is 0 Å².